The summed E-state index contributed by atoms with van der Waals surface area (Å²) >= 11 is 7.27. The van der Waals surface area contributed by atoms with E-state index in [-0.39, 0.29) is 18.9 Å². The molecule has 0 aromatic heterocycles. The number of carboxylic acids is 1. The number of carbonyl (C=O) groups is 2. The zero-order valence-electron chi connectivity index (χ0n) is 10.6. The van der Waals surface area contributed by atoms with Crippen LogP contribution < -0.4 is 4.74 Å². The van der Waals surface area contributed by atoms with Crippen molar-refractivity contribution < 1.29 is 19.4 Å². The third-order valence-corrected chi connectivity index (χ3v) is 4.12. The van der Waals surface area contributed by atoms with E-state index in [0.29, 0.717) is 22.4 Å². The highest BCUT2D eigenvalue weighted by Gasteiger charge is 2.34. The van der Waals surface area contributed by atoms with Crippen molar-refractivity contribution in [3.8, 4) is 5.75 Å². The number of halogens is 1. The molecular formula is C13H14ClNO4S. The third kappa shape index (κ3) is 3.80. The molecule has 1 aromatic rings. The third-order valence-electron chi connectivity index (χ3n) is 2.87. The Morgan fingerprint density at radius 2 is 2.30 bits per heavy atom. The Bertz CT molecular complexity index is 511. The monoisotopic (exact) mass is 315 g/mol. The van der Waals surface area contributed by atoms with E-state index in [1.165, 1.54) is 16.7 Å². The zero-order valence-corrected chi connectivity index (χ0v) is 12.2. The molecule has 1 heterocycles. The van der Waals surface area contributed by atoms with Gasteiger partial charge in [-0.1, -0.05) is 17.7 Å². The quantitative estimate of drug-likeness (QED) is 0.901. The van der Waals surface area contributed by atoms with Crippen LogP contribution in [0.5, 0.6) is 5.75 Å². The Labute approximate surface area is 125 Å². The number of carboxylic acid groups (broad SMARTS) is 1. The molecule has 1 atom stereocenters. The maximum absolute atomic E-state index is 12.0. The number of hydrogen-bond acceptors (Lipinski definition) is 4. The highest BCUT2D eigenvalue weighted by atomic mass is 35.5. The topological polar surface area (TPSA) is 66.8 Å². The first kappa shape index (κ1) is 15.0. The van der Waals surface area contributed by atoms with E-state index in [1.54, 1.807) is 24.3 Å². The molecule has 20 heavy (non-hydrogen) atoms. The van der Waals surface area contributed by atoms with Crippen LogP contribution in [-0.4, -0.2) is 46.2 Å². The molecule has 1 aliphatic heterocycles. The molecule has 7 heteroatoms. The van der Waals surface area contributed by atoms with Crippen LogP contribution in [-0.2, 0) is 9.59 Å². The Morgan fingerprint density at radius 1 is 1.50 bits per heavy atom. The van der Waals surface area contributed by atoms with Gasteiger partial charge in [0.2, 0.25) is 5.91 Å². The van der Waals surface area contributed by atoms with Gasteiger partial charge in [0.05, 0.1) is 18.9 Å². The molecule has 0 radical (unpaired) electrons. The predicted octanol–water partition coefficient (Wildman–Crippen LogP) is 2.09. The van der Waals surface area contributed by atoms with Crippen LogP contribution in [0.3, 0.4) is 0 Å². The summed E-state index contributed by atoms with van der Waals surface area (Å²) in [4.78, 5) is 24.3. The summed E-state index contributed by atoms with van der Waals surface area (Å²) in [5.74, 6) is 0.294. The van der Waals surface area contributed by atoms with Gasteiger partial charge in [-0.2, -0.15) is 0 Å². The molecule has 0 saturated carbocycles. The molecule has 1 aliphatic rings. The van der Waals surface area contributed by atoms with E-state index < -0.39 is 12.0 Å². The fourth-order valence-corrected chi connectivity index (χ4v) is 3.20. The molecule has 2 rings (SSSR count). The Hall–Kier alpha value is -1.40. The number of nitrogens with zero attached hydrogens (tertiary/aromatic N) is 1. The Balaban J connectivity index is 1.82. The molecule has 0 unspecified atom stereocenters. The zero-order chi connectivity index (χ0) is 14.5. The van der Waals surface area contributed by atoms with Gasteiger partial charge in [-0.25, -0.2) is 4.79 Å². The van der Waals surface area contributed by atoms with Crippen molar-refractivity contribution in [2.75, 3.05) is 18.2 Å². The minimum Gasteiger partial charge on any atom is -0.493 e. The lowest BCUT2D eigenvalue weighted by Crippen LogP contribution is -2.42. The number of carbonyl (C=O) groups excluding carboxylic acids is 1. The number of rotatable bonds is 5. The van der Waals surface area contributed by atoms with Gasteiger partial charge in [-0.15, -0.1) is 11.8 Å². The summed E-state index contributed by atoms with van der Waals surface area (Å²) in [5, 5.41) is 9.58. The second-order valence-electron chi connectivity index (χ2n) is 4.27. The molecule has 1 saturated heterocycles. The van der Waals surface area contributed by atoms with E-state index in [9.17, 15) is 9.59 Å². The van der Waals surface area contributed by atoms with Crippen LogP contribution >= 0.6 is 23.4 Å². The van der Waals surface area contributed by atoms with Gasteiger partial charge < -0.3 is 14.7 Å². The molecule has 5 nitrogen and oxygen atoms in total. The normalized spacial score (nSPS) is 18.1. The van der Waals surface area contributed by atoms with Crippen molar-refractivity contribution in [3.05, 3.63) is 29.3 Å². The van der Waals surface area contributed by atoms with Crippen LogP contribution in [0, 0.1) is 0 Å². The van der Waals surface area contributed by atoms with Gasteiger partial charge in [0.1, 0.15) is 11.8 Å². The molecule has 1 N–H and O–H groups in total. The molecule has 0 bridgehead atoms. The molecule has 1 fully saturated rings. The van der Waals surface area contributed by atoms with Gasteiger partial charge in [-0.05, 0) is 18.2 Å². The van der Waals surface area contributed by atoms with Crippen molar-refractivity contribution >= 4 is 35.2 Å². The van der Waals surface area contributed by atoms with Crippen LogP contribution in [0.15, 0.2) is 24.3 Å². The molecular weight excluding hydrogens is 302 g/mol. The van der Waals surface area contributed by atoms with Gasteiger partial charge >= 0.3 is 5.97 Å². The summed E-state index contributed by atoms with van der Waals surface area (Å²) in [6, 6.07) is 6.19. The second-order valence-corrected chi connectivity index (χ2v) is 5.71. The average Bonchev–Trinajstić information content (AvgIpc) is 2.88. The van der Waals surface area contributed by atoms with Crippen molar-refractivity contribution in [2.45, 2.75) is 12.5 Å². The summed E-state index contributed by atoms with van der Waals surface area (Å²) in [6.07, 6.45) is 0.150. The first-order valence-corrected chi connectivity index (χ1v) is 7.59. The van der Waals surface area contributed by atoms with Crippen molar-refractivity contribution in [2.24, 2.45) is 0 Å². The molecule has 1 aromatic carbocycles. The van der Waals surface area contributed by atoms with Crippen molar-refractivity contribution in [1.29, 1.82) is 0 Å². The summed E-state index contributed by atoms with van der Waals surface area (Å²) in [7, 11) is 0. The highest BCUT2D eigenvalue weighted by molar-refractivity contribution is 7.99. The van der Waals surface area contributed by atoms with Crippen LogP contribution in [0.2, 0.25) is 5.02 Å². The number of benzene rings is 1. The number of ether oxygens (including phenoxy) is 1. The van der Waals surface area contributed by atoms with Gasteiger partial charge in [0, 0.05) is 10.8 Å². The predicted molar refractivity (Wildman–Crippen MR) is 77.2 cm³/mol. The number of aliphatic carboxylic acids is 1. The number of amides is 1. The van der Waals surface area contributed by atoms with E-state index in [2.05, 4.69) is 0 Å². The average molecular weight is 316 g/mol. The lowest BCUT2D eigenvalue weighted by molar-refractivity contribution is -0.147. The minimum atomic E-state index is -0.959. The van der Waals surface area contributed by atoms with E-state index in [0.717, 1.165) is 0 Å². The van der Waals surface area contributed by atoms with E-state index >= 15 is 0 Å². The van der Waals surface area contributed by atoms with E-state index in [1.807, 2.05) is 0 Å². The van der Waals surface area contributed by atoms with Crippen molar-refractivity contribution in [3.63, 3.8) is 0 Å². The van der Waals surface area contributed by atoms with Crippen molar-refractivity contribution in [1.82, 2.24) is 4.90 Å². The van der Waals surface area contributed by atoms with Crippen LogP contribution in [0.1, 0.15) is 6.42 Å². The van der Waals surface area contributed by atoms with Crippen LogP contribution in [0.4, 0.5) is 0 Å². The molecule has 108 valence electrons. The standard InChI is InChI=1S/C13H14ClNO4S/c14-9-2-1-3-10(6-9)19-5-4-12(16)15-8-20-7-11(15)13(17)18/h1-3,6,11H,4-5,7-8H2,(H,17,18)/t11-/m0/s1. The highest BCUT2D eigenvalue weighted by Crippen LogP contribution is 2.22. The summed E-state index contributed by atoms with van der Waals surface area (Å²) in [5.41, 5.74) is 0. The van der Waals surface area contributed by atoms with Gasteiger partial charge in [0.15, 0.2) is 0 Å². The Kier molecular flexibility index (Phi) is 5.14. The minimum absolute atomic E-state index is 0.150. The summed E-state index contributed by atoms with van der Waals surface area (Å²) < 4.78 is 5.43. The first-order chi connectivity index (χ1) is 9.58. The first-order valence-electron chi connectivity index (χ1n) is 6.06. The maximum atomic E-state index is 12.0. The fourth-order valence-electron chi connectivity index (χ4n) is 1.85. The van der Waals surface area contributed by atoms with Crippen LogP contribution in [0.25, 0.3) is 0 Å². The molecule has 0 aliphatic carbocycles. The fraction of sp³-hybridized carbons (Fsp3) is 0.385. The molecule has 0 spiro atoms. The largest absolute Gasteiger partial charge is 0.493 e. The SMILES string of the molecule is O=C(O)[C@@H]1CSCN1C(=O)CCOc1cccc(Cl)c1. The Morgan fingerprint density at radius 3 is 3.00 bits per heavy atom. The molecule has 1 amide bonds. The number of thioether (sulfide) groups is 1. The van der Waals surface area contributed by atoms with Gasteiger partial charge in [-0.3, -0.25) is 4.79 Å². The number of hydrogen-bond donors (Lipinski definition) is 1. The summed E-state index contributed by atoms with van der Waals surface area (Å²) in [6.45, 7) is 0.201. The lowest BCUT2D eigenvalue weighted by atomic mass is 10.2. The smallest absolute Gasteiger partial charge is 0.327 e. The second kappa shape index (κ2) is 6.85. The lowest BCUT2D eigenvalue weighted by Gasteiger charge is -2.20. The van der Waals surface area contributed by atoms with E-state index in [4.69, 9.17) is 21.4 Å². The maximum Gasteiger partial charge on any atom is 0.327 e. The van der Waals surface area contributed by atoms with Gasteiger partial charge in [0.25, 0.3) is 0 Å².